The second-order valence-corrected chi connectivity index (χ2v) is 5.72. The SMILES string of the molecule is Cc1cccc(CN(C)C(CN)CC(=O)NC(C)C)c1. The van der Waals surface area contributed by atoms with Gasteiger partial charge in [-0.05, 0) is 33.4 Å². The van der Waals surface area contributed by atoms with E-state index in [1.165, 1.54) is 11.1 Å². The summed E-state index contributed by atoms with van der Waals surface area (Å²) in [6.45, 7) is 7.30. The lowest BCUT2D eigenvalue weighted by Crippen LogP contribution is -2.42. The highest BCUT2D eigenvalue weighted by Gasteiger charge is 2.17. The number of nitrogens with one attached hydrogen (secondary N) is 1. The Bertz CT molecular complexity index is 431. The molecule has 4 heteroatoms. The second kappa shape index (κ2) is 8.02. The third kappa shape index (κ3) is 5.72. The molecule has 0 spiro atoms. The van der Waals surface area contributed by atoms with Crippen LogP contribution in [0.5, 0.6) is 0 Å². The van der Waals surface area contributed by atoms with E-state index < -0.39 is 0 Å². The number of aryl methyl sites for hydroxylation is 1. The van der Waals surface area contributed by atoms with Crippen molar-refractivity contribution in [2.24, 2.45) is 5.73 Å². The Hall–Kier alpha value is -1.39. The van der Waals surface area contributed by atoms with E-state index in [1.807, 2.05) is 20.9 Å². The average molecular weight is 277 g/mol. The number of carbonyl (C=O) groups excluding carboxylic acids is 1. The van der Waals surface area contributed by atoms with Crippen molar-refractivity contribution < 1.29 is 4.79 Å². The van der Waals surface area contributed by atoms with Gasteiger partial charge in [-0.25, -0.2) is 0 Å². The highest BCUT2D eigenvalue weighted by molar-refractivity contribution is 5.76. The zero-order chi connectivity index (χ0) is 15.1. The molecule has 0 saturated heterocycles. The molecule has 0 aromatic heterocycles. The van der Waals surface area contributed by atoms with Gasteiger partial charge in [0.25, 0.3) is 0 Å². The van der Waals surface area contributed by atoms with Gasteiger partial charge in [-0.1, -0.05) is 29.8 Å². The Morgan fingerprint density at radius 2 is 2.10 bits per heavy atom. The van der Waals surface area contributed by atoms with Gasteiger partial charge in [0.2, 0.25) is 5.91 Å². The van der Waals surface area contributed by atoms with Crippen LogP contribution in [0.4, 0.5) is 0 Å². The van der Waals surface area contributed by atoms with Crippen LogP contribution in [-0.4, -0.2) is 36.5 Å². The third-order valence-electron chi connectivity index (χ3n) is 3.28. The summed E-state index contributed by atoms with van der Waals surface area (Å²) in [6.07, 6.45) is 0.441. The molecule has 1 unspecified atom stereocenters. The van der Waals surface area contributed by atoms with Crippen molar-refractivity contribution in [3.05, 3.63) is 35.4 Å². The van der Waals surface area contributed by atoms with Gasteiger partial charge in [-0.2, -0.15) is 0 Å². The van der Waals surface area contributed by atoms with Crippen molar-refractivity contribution in [2.75, 3.05) is 13.6 Å². The minimum Gasteiger partial charge on any atom is -0.354 e. The van der Waals surface area contributed by atoms with E-state index in [4.69, 9.17) is 5.73 Å². The Labute approximate surface area is 122 Å². The van der Waals surface area contributed by atoms with Gasteiger partial charge in [0.1, 0.15) is 0 Å². The number of nitrogens with two attached hydrogens (primary N) is 1. The van der Waals surface area contributed by atoms with Gasteiger partial charge in [0.05, 0.1) is 0 Å². The first-order valence-electron chi connectivity index (χ1n) is 7.17. The van der Waals surface area contributed by atoms with E-state index in [0.29, 0.717) is 13.0 Å². The summed E-state index contributed by atoms with van der Waals surface area (Å²) in [4.78, 5) is 14.0. The van der Waals surface area contributed by atoms with Crippen LogP contribution < -0.4 is 11.1 Å². The number of likely N-dealkylation sites (N-methyl/N-ethyl adjacent to an activating group) is 1. The minimum atomic E-state index is 0.0616. The largest absolute Gasteiger partial charge is 0.354 e. The predicted octanol–water partition coefficient (Wildman–Crippen LogP) is 1.67. The van der Waals surface area contributed by atoms with Gasteiger partial charge >= 0.3 is 0 Å². The van der Waals surface area contributed by atoms with E-state index in [-0.39, 0.29) is 18.0 Å². The standard InChI is InChI=1S/C16H27N3O/c1-12(2)18-16(20)9-15(10-17)19(4)11-14-7-5-6-13(3)8-14/h5-8,12,15H,9-11,17H2,1-4H3,(H,18,20). The van der Waals surface area contributed by atoms with E-state index in [0.717, 1.165) is 6.54 Å². The highest BCUT2D eigenvalue weighted by atomic mass is 16.1. The number of hydrogen-bond donors (Lipinski definition) is 2. The molecule has 1 aromatic rings. The molecule has 112 valence electrons. The molecule has 0 fully saturated rings. The molecule has 0 radical (unpaired) electrons. The van der Waals surface area contributed by atoms with E-state index in [1.54, 1.807) is 0 Å². The molecular weight excluding hydrogens is 250 g/mol. The summed E-state index contributed by atoms with van der Waals surface area (Å²) in [5.74, 6) is 0.0616. The Morgan fingerprint density at radius 1 is 1.40 bits per heavy atom. The first kappa shape index (κ1) is 16.7. The lowest BCUT2D eigenvalue weighted by atomic mass is 10.1. The molecular formula is C16H27N3O. The number of amides is 1. The van der Waals surface area contributed by atoms with Crippen LogP contribution >= 0.6 is 0 Å². The van der Waals surface area contributed by atoms with E-state index in [2.05, 4.69) is 41.4 Å². The van der Waals surface area contributed by atoms with Crippen molar-refractivity contribution in [1.82, 2.24) is 10.2 Å². The van der Waals surface area contributed by atoms with E-state index in [9.17, 15) is 4.79 Å². The fourth-order valence-corrected chi connectivity index (χ4v) is 2.24. The quantitative estimate of drug-likeness (QED) is 0.797. The van der Waals surface area contributed by atoms with Crippen LogP contribution in [0.15, 0.2) is 24.3 Å². The molecule has 0 bridgehead atoms. The number of carbonyl (C=O) groups is 1. The normalized spacial score (nSPS) is 12.8. The monoisotopic (exact) mass is 277 g/mol. The summed E-state index contributed by atoms with van der Waals surface area (Å²) in [5.41, 5.74) is 8.31. The molecule has 1 aromatic carbocycles. The molecule has 1 rings (SSSR count). The summed E-state index contributed by atoms with van der Waals surface area (Å²) in [6, 6.07) is 8.64. The van der Waals surface area contributed by atoms with Gasteiger partial charge in [-0.3, -0.25) is 9.69 Å². The molecule has 20 heavy (non-hydrogen) atoms. The number of rotatable bonds is 7. The fraction of sp³-hybridized carbons (Fsp3) is 0.562. The maximum Gasteiger partial charge on any atom is 0.221 e. The zero-order valence-electron chi connectivity index (χ0n) is 13.0. The topological polar surface area (TPSA) is 58.4 Å². The summed E-state index contributed by atoms with van der Waals surface area (Å²) >= 11 is 0. The van der Waals surface area contributed by atoms with Crippen molar-refractivity contribution >= 4 is 5.91 Å². The van der Waals surface area contributed by atoms with Crippen LogP contribution in [0.3, 0.4) is 0 Å². The molecule has 0 saturated carbocycles. The molecule has 1 amide bonds. The Balaban J connectivity index is 2.58. The maximum atomic E-state index is 11.8. The maximum absolute atomic E-state index is 11.8. The van der Waals surface area contributed by atoms with Crippen molar-refractivity contribution in [3.63, 3.8) is 0 Å². The predicted molar refractivity (Wildman–Crippen MR) is 83.4 cm³/mol. The van der Waals surface area contributed by atoms with Crippen LogP contribution in [0.2, 0.25) is 0 Å². The van der Waals surface area contributed by atoms with Crippen LogP contribution in [0.25, 0.3) is 0 Å². The lowest BCUT2D eigenvalue weighted by Gasteiger charge is -2.27. The fourth-order valence-electron chi connectivity index (χ4n) is 2.24. The lowest BCUT2D eigenvalue weighted by molar-refractivity contribution is -0.122. The van der Waals surface area contributed by atoms with Gasteiger partial charge in [0.15, 0.2) is 0 Å². The van der Waals surface area contributed by atoms with Gasteiger partial charge in [0, 0.05) is 31.6 Å². The highest BCUT2D eigenvalue weighted by Crippen LogP contribution is 2.10. The third-order valence-corrected chi connectivity index (χ3v) is 3.28. The molecule has 3 N–H and O–H groups in total. The van der Waals surface area contributed by atoms with Gasteiger partial charge < -0.3 is 11.1 Å². The van der Waals surface area contributed by atoms with Crippen LogP contribution in [-0.2, 0) is 11.3 Å². The number of benzene rings is 1. The molecule has 0 aliphatic carbocycles. The number of hydrogen-bond acceptors (Lipinski definition) is 3. The molecule has 4 nitrogen and oxygen atoms in total. The number of nitrogens with zero attached hydrogens (tertiary/aromatic N) is 1. The molecule has 1 atom stereocenters. The van der Waals surface area contributed by atoms with Crippen molar-refractivity contribution in [2.45, 2.75) is 45.8 Å². The van der Waals surface area contributed by atoms with Crippen LogP contribution in [0, 0.1) is 6.92 Å². The average Bonchev–Trinajstić information content (AvgIpc) is 2.34. The first-order chi connectivity index (χ1) is 9.42. The Kier molecular flexibility index (Phi) is 6.68. The van der Waals surface area contributed by atoms with Crippen molar-refractivity contribution in [3.8, 4) is 0 Å². The van der Waals surface area contributed by atoms with Crippen molar-refractivity contribution in [1.29, 1.82) is 0 Å². The second-order valence-electron chi connectivity index (χ2n) is 5.72. The Morgan fingerprint density at radius 3 is 2.65 bits per heavy atom. The molecule has 0 heterocycles. The van der Waals surface area contributed by atoms with Gasteiger partial charge in [-0.15, -0.1) is 0 Å². The smallest absolute Gasteiger partial charge is 0.221 e. The molecule has 0 aliphatic heterocycles. The first-order valence-corrected chi connectivity index (χ1v) is 7.17. The zero-order valence-corrected chi connectivity index (χ0v) is 13.0. The molecule has 0 aliphatic rings. The summed E-state index contributed by atoms with van der Waals surface area (Å²) in [7, 11) is 2.02. The summed E-state index contributed by atoms with van der Waals surface area (Å²) in [5, 5.41) is 2.91. The minimum absolute atomic E-state index is 0.0616. The van der Waals surface area contributed by atoms with Crippen LogP contribution in [0.1, 0.15) is 31.4 Å². The van der Waals surface area contributed by atoms with E-state index >= 15 is 0 Å². The summed E-state index contributed by atoms with van der Waals surface area (Å²) < 4.78 is 0.